The molecular weight excluding hydrogens is 434 g/mol. The zero-order chi connectivity index (χ0) is 23.8. The number of hydrogen-bond acceptors (Lipinski definition) is 5. The topological polar surface area (TPSA) is 88.9 Å². The molecular formula is C25H29N5O2S. The van der Waals surface area contributed by atoms with E-state index in [1.165, 1.54) is 11.8 Å². The third-order valence-electron chi connectivity index (χ3n) is 5.09. The number of amides is 2. The van der Waals surface area contributed by atoms with Crippen LogP contribution in [0.4, 0.5) is 5.69 Å². The fourth-order valence-corrected chi connectivity index (χ4v) is 4.15. The Hall–Kier alpha value is -3.39. The van der Waals surface area contributed by atoms with Crippen molar-refractivity contribution in [3.63, 3.8) is 0 Å². The summed E-state index contributed by atoms with van der Waals surface area (Å²) in [7, 11) is 0. The van der Waals surface area contributed by atoms with Gasteiger partial charge in [-0.1, -0.05) is 68.1 Å². The highest BCUT2D eigenvalue weighted by Crippen LogP contribution is 2.24. The first-order valence-electron chi connectivity index (χ1n) is 10.8. The lowest BCUT2D eigenvalue weighted by Gasteiger charge is -2.13. The second-order valence-corrected chi connectivity index (χ2v) is 8.82. The second-order valence-electron chi connectivity index (χ2n) is 7.87. The fraction of sp³-hybridized carbons (Fsp3) is 0.280. The van der Waals surface area contributed by atoms with Crippen molar-refractivity contribution in [2.24, 2.45) is 0 Å². The van der Waals surface area contributed by atoms with Gasteiger partial charge in [0.2, 0.25) is 5.91 Å². The third-order valence-corrected chi connectivity index (χ3v) is 6.06. The molecule has 0 radical (unpaired) electrons. The number of para-hydroxylation sites is 1. The molecule has 2 N–H and O–H groups in total. The maximum Gasteiger partial charge on any atom is 0.251 e. The maximum atomic E-state index is 12.6. The molecule has 0 aliphatic rings. The molecule has 0 aliphatic heterocycles. The number of nitrogens with zero attached hydrogens (tertiary/aromatic N) is 3. The molecule has 7 nitrogen and oxygen atoms in total. The van der Waals surface area contributed by atoms with Crippen LogP contribution in [0.1, 0.15) is 47.1 Å². The van der Waals surface area contributed by atoms with Gasteiger partial charge in [0, 0.05) is 17.8 Å². The highest BCUT2D eigenvalue weighted by molar-refractivity contribution is 7.99. The van der Waals surface area contributed by atoms with Crippen LogP contribution in [0.2, 0.25) is 0 Å². The van der Waals surface area contributed by atoms with Crippen LogP contribution in [-0.2, 0) is 17.9 Å². The monoisotopic (exact) mass is 463 g/mol. The van der Waals surface area contributed by atoms with Gasteiger partial charge in [-0.25, -0.2) is 0 Å². The summed E-state index contributed by atoms with van der Waals surface area (Å²) in [4.78, 5) is 25.1. The van der Waals surface area contributed by atoms with Crippen LogP contribution in [0, 0.1) is 6.92 Å². The number of thioether (sulfide) groups is 1. The molecule has 0 atom stereocenters. The van der Waals surface area contributed by atoms with Crippen LogP contribution in [0.3, 0.4) is 0 Å². The van der Waals surface area contributed by atoms with Crippen molar-refractivity contribution in [2.45, 2.75) is 44.9 Å². The van der Waals surface area contributed by atoms with Crippen LogP contribution in [0.25, 0.3) is 0 Å². The smallest absolute Gasteiger partial charge is 0.251 e. The van der Waals surface area contributed by atoms with Gasteiger partial charge in [0.1, 0.15) is 0 Å². The first kappa shape index (κ1) is 24.3. The van der Waals surface area contributed by atoms with Crippen molar-refractivity contribution >= 4 is 29.3 Å². The summed E-state index contributed by atoms with van der Waals surface area (Å²) in [5.74, 6) is 0.818. The summed E-state index contributed by atoms with van der Waals surface area (Å²) >= 11 is 1.30. The molecule has 0 saturated carbocycles. The van der Waals surface area contributed by atoms with E-state index in [0.29, 0.717) is 29.0 Å². The molecule has 33 heavy (non-hydrogen) atoms. The van der Waals surface area contributed by atoms with E-state index in [1.54, 1.807) is 12.1 Å². The van der Waals surface area contributed by atoms with E-state index in [2.05, 4.69) is 41.3 Å². The minimum atomic E-state index is -0.168. The van der Waals surface area contributed by atoms with E-state index in [1.807, 2.05) is 54.0 Å². The standard InChI is InChI=1S/C25H29N5O2S/c1-5-14-30-22(15-26-24(32)20-12-7-6-10-18(20)4)28-29-25(30)33-16-23(31)27-21-13-9-8-11-19(21)17(2)3/h5-13,17H,1,14-16H2,2-4H3,(H,26,32)(H,27,31). The number of aryl methyl sites for hydroxylation is 1. The van der Waals surface area contributed by atoms with Crippen molar-refractivity contribution in [2.75, 3.05) is 11.1 Å². The minimum absolute atomic E-state index is 0.115. The van der Waals surface area contributed by atoms with Gasteiger partial charge in [0.25, 0.3) is 5.91 Å². The van der Waals surface area contributed by atoms with Gasteiger partial charge >= 0.3 is 0 Å². The lowest BCUT2D eigenvalue weighted by atomic mass is 10.0. The molecule has 3 aromatic rings. The molecule has 172 valence electrons. The van der Waals surface area contributed by atoms with Crippen LogP contribution in [0.5, 0.6) is 0 Å². The van der Waals surface area contributed by atoms with E-state index in [9.17, 15) is 9.59 Å². The second kappa shape index (κ2) is 11.5. The average molecular weight is 464 g/mol. The number of rotatable bonds is 10. The van der Waals surface area contributed by atoms with Crippen LogP contribution >= 0.6 is 11.8 Å². The van der Waals surface area contributed by atoms with Gasteiger partial charge in [0.15, 0.2) is 11.0 Å². The van der Waals surface area contributed by atoms with Crippen molar-refractivity contribution in [3.05, 3.63) is 83.7 Å². The third kappa shape index (κ3) is 6.32. The SMILES string of the molecule is C=CCn1c(CNC(=O)c2ccccc2C)nnc1SCC(=O)Nc1ccccc1C(C)C. The average Bonchev–Trinajstić information content (AvgIpc) is 3.18. The summed E-state index contributed by atoms with van der Waals surface area (Å²) in [6, 6.07) is 15.2. The predicted molar refractivity (Wildman–Crippen MR) is 132 cm³/mol. The molecule has 0 saturated heterocycles. The number of carbonyl (C=O) groups excluding carboxylic acids is 2. The molecule has 3 rings (SSSR count). The zero-order valence-electron chi connectivity index (χ0n) is 19.2. The minimum Gasteiger partial charge on any atom is -0.345 e. The highest BCUT2D eigenvalue weighted by Gasteiger charge is 2.16. The van der Waals surface area contributed by atoms with Gasteiger partial charge in [-0.15, -0.1) is 16.8 Å². The number of hydrogen-bond donors (Lipinski definition) is 2. The van der Waals surface area contributed by atoms with Crippen LogP contribution < -0.4 is 10.6 Å². The normalized spacial score (nSPS) is 10.8. The molecule has 0 unspecified atom stereocenters. The summed E-state index contributed by atoms with van der Waals surface area (Å²) in [5.41, 5.74) is 3.45. The fourth-order valence-electron chi connectivity index (χ4n) is 3.38. The molecule has 0 spiro atoms. The Bertz CT molecular complexity index is 1140. The number of benzene rings is 2. The molecule has 2 aromatic carbocycles. The number of aromatic nitrogens is 3. The summed E-state index contributed by atoms with van der Waals surface area (Å²) in [5, 5.41) is 14.9. The Labute approximate surface area is 198 Å². The van der Waals surface area contributed by atoms with Gasteiger partial charge in [0.05, 0.1) is 12.3 Å². The summed E-state index contributed by atoms with van der Waals surface area (Å²) in [6.07, 6.45) is 1.74. The zero-order valence-corrected chi connectivity index (χ0v) is 20.0. The lowest BCUT2D eigenvalue weighted by Crippen LogP contribution is -2.25. The van der Waals surface area contributed by atoms with Crippen LogP contribution in [0.15, 0.2) is 66.3 Å². The molecule has 2 amide bonds. The van der Waals surface area contributed by atoms with Gasteiger partial charge in [-0.3, -0.25) is 9.59 Å². The van der Waals surface area contributed by atoms with E-state index in [-0.39, 0.29) is 24.1 Å². The molecule has 1 heterocycles. The highest BCUT2D eigenvalue weighted by atomic mass is 32.2. The molecule has 8 heteroatoms. The molecule has 0 bridgehead atoms. The number of allylic oxidation sites excluding steroid dienone is 1. The Balaban J connectivity index is 1.63. The van der Waals surface area contributed by atoms with Crippen molar-refractivity contribution < 1.29 is 9.59 Å². The first-order valence-corrected chi connectivity index (χ1v) is 11.8. The van der Waals surface area contributed by atoms with Gasteiger partial charge in [-0.05, 0) is 36.1 Å². The Morgan fingerprint density at radius 2 is 1.85 bits per heavy atom. The van der Waals surface area contributed by atoms with E-state index in [0.717, 1.165) is 16.8 Å². The molecule has 0 fully saturated rings. The van der Waals surface area contributed by atoms with Crippen molar-refractivity contribution in [3.8, 4) is 0 Å². The van der Waals surface area contributed by atoms with E-state index < -0.39 is 0 Å². The Kier molecular flexibility index (Phi) is 8.43. The molecule has 1 aromatic heterocycles. The number of anilines is 1. The first-order chi connectivity index (χ1) is 15.9. The number of nitrogens with one attached hydrogen (secondary N) is 2. The van der Waals surface area contributed by atoms with Crippen molar-refractivity contribution in [1.29, 1.82) is 0 Å². The quantitative estimate of drug-likeness (QED) is 0.340. The lowest BCUT2D eigenvalue weighted by molar-refractivity contribution is -0.113. The van der Waals surface area contributed by atoms with Crippen molar-refractivity contribution in [1.82, 2.24) is 20.1 Å². The Morgan fingerprint density at radius 3 is 2.58 bits per heavy atom. The van der Waals surface area contributed by atoms with E-state index >= 15 is 0 Å². The van der Waals surface area contributed by atoms with Gasteiger partial charge in [-0.2, -0.15) is 0 Å². The van der Waals surface area contributed by atoms with E-state index in [4.69, 9.17) is 0 Å². The number of carbonyl (C=O) groups is 2. The van der Waals surface area contributed by atoms with Crippen LogP contribution in [-0.4, -0.2) is 32.3 Å². The summed E-state index contributed by atoms with van der Waals surface area (Å²) < 4.78 is 1.85. The summed E-state index contributed by atoms with van der Waals surface area (Å²) in [6.45, 7) is 10.6. The van der Waals surface area contributed by atoms with Gasteiger partial charge < -0.3 is 15.2 Å². The predicted octanol–water partition coefficient (Wildman–Crippen LogP) is 4.56. The Morgan fingerprint density at radius 1 is 1.12 bits per heavy atom. The maximum absolute atomic E-state index is 12.6. The molecule has 0 aliphatic carbocycles. The largest absolute Gasteiger partial charge is 0.345 e.